The molecule has 2 rings (SSSR count). The van der Waals surface area contributed by atoms with Crippen LogP contribution in [0.1, 0.15) is 13.8 Å². The quantitative estimate of drug-likeness (QED) is 0.864. The van der Waals surface area contributed by atoms with E-state index in [-0.39, 0.29) is 0 Å². The first-order valence-corrected chi connectivity index (χ1v) is 6.25. The van der Waals surface area contributed by atoms with E-state index in [1.807, 2.05) is 19.1 Å². The van der Waals surface area contributed by atoms with Crippen molar-refractivity contribution in [3.05, 3.63) is 18.3 Å². The highest BCUT2D eigenvalue weighted by Gasteiger charge is 2.30. The molecule has 2 N–H and O–H groups in total. The van der Waals surface area contributed by atoms with Gasteiger partial charge in [-0.15, -0.1) is 0 Å². The van der Waals surface area contributed by atoms with Crippen LogP contribution < -0.4 is 10.6 Å². The molecule has 4 nitrogen and oxygen atoms in total. The summed E-state index contributed by atoms with van der Waals surface area (Å²) in [4.78, 5) is 6.68. The van der Waals surface area contributed by atoms with Gasteiger partial charge in [0, 0.05) is 25.6 Å². The summed E-state index contributed by atoms with van der Waals surface area (Å²) in [6.07, 6.45) is 1.72. The van der Waals surface area contributed by atoms with Crippen molar-refractivity contribution in [1.82, 2.24) is 4.98 Å². The number of ether oxygens (including phenoxy) is 1. The molecule has 2 atom stereocenters. The molecule has 0 radical (unpaired) electrons. The fraction of sp³-hybridized carbons (Fsp3) is 0.615. The molecule has 0 spiro atoms. The third kappa shape index (κ3) is 2.88. The molecule has 1 aromatic heterocycles. The van der Waals surface area contributed by atoms with E-state index in [1.54, 1.807) is 6.20 Å². The van der Waals surface area contributed by atoms with Crippen LogP contribution in [0.25, 0.3) is 0 Å². The number of anilines is 2. The maximum atomic E-state index is 5.64. The van der Waals surface area contributed by atoms with Crippen molar-refractivity contribution in [2.24, 2.45) is 11.8 Å². The van der Waals surface area contributed by atoms with Crippen molar-refractivity contribution in [3.63, 3.8) is 0 Å². The number of hydrogen-bond donors (Lipinski definition) is 1. The number of nitrogens with zero attached hydrogens (tertiary/aromatic N) is 2. The van der Waals surface area contributed by atoms with Crippen molar-refractivity contribution in [2.75, 3.05) is 36.9 Å². The van der Waals surface area contributed by atoms with Gasteiger partial charge in [-0.2, -0.15) is 0 Å². The van der Waals surface area contributed by atoms with Gasteiger partial charge in [-0.25, -0.2) is 4.98 Å². The highest BCUT2D eigenvalue weighted by atomic mass is 16.5. The molecule has 17 heavy (non-hydrogen) atoms. The first-order chi connectivity index (χ1) is 8.20. The fourth-order valence-corrected chi connectivity index (χ4v) is 2.29. The smallest absolute Gasteiger partial charge is 0.128 e. The van der Waals surface area contributed by atoms with Crippen LogP contribution in [0.4, 0.5) is 11.5 Å². The minimum atomic E-state index is 0.606. The Morgan fingerprint density at radius 2 is 2.29 bits per heavy atom. The molecule has 1 aliphatic rings. The largest absolute Gasteiger partial charge is 0.397 e. The van der Waals surface area contributed by atoms with Crippen molar-refractivity contribution < 1.29 is 4.74 Å². The Labute approximate surface area is 103 Å². The van der Waals surface area contributed by atoms with E-state index < -0.39 is 0 Å². The third-order valence-electron chi connectivity index (χ3n) is 3.40. The molecule has 4 heteroatoms. The number of hydrogen-bond acceptors (Lipinski definition) is 4. The molecule has 0 aromatic carbocycles. The Morgan fingerprint density at radius 1 is 1.47 bits per heavy atom. The van der Waals surface area contributed by atoms with Crippen LogP contribution in [0.15, 0.2) is 18.3 Å². The first kappa shape index (κ1) is 12.2. The predicted molar refractivity (Wildman–Crippen MR) is 70.0 cm³/mol. The van der Waals surface area contributed by atoms with Gasteiger partial charge in [-0.05, 0) is 25.0 Å². The molecular weight excluding hydrogens is 214 g/mol. The van der Waals surface area contributed by atoms with Gasteiger partial charge in [0.2, 0.25) is 0 Å². The second-order valence-electron chi connectivity index (χ2n) is 4.75. The number of nitrogen functional groups attached to an aromatic ring is 1. The zero-order valence-electron chi connectivity index (χ0n) is 10.6. The summed E-state index contributed by atoms with van der Waals surface area (Å²) in [6, 6.07) is 3.90. The summed E-state index contributed by atoms with van der Waals surface area (Å²) in [5.74, 6) is 2.28. The lowest BCUT2D eigenvalue weighted by atomic mass is 9.99. The minimum absolute atomic E-state index is 0.606. The van der Waals surface area contributed by atoms with Crippen molar-refractivity contribution in [1.29, 1.82) is 0 Å². The van der Waals surface area contributed by atoms with Crippen LogP contribution in [0, 0.1) is 11.8 Å². The van der Waals surface area contributed by atoms with Crippen molar-refractivity contribution in [2.45, 2.75) is 13.8 Å². The van der Waals surface area contributed by atoms with Crippen LogP contribution in [-0.2, 0) is 4.74 Å². The lowest BCUT2D eigenvalue weighted by Crippen LogP contribution is -2.22. The van der Waals surface area contributed by atoms with E-state index in [0.29, 0.717) is 17.5 Å². The van der Waals surface area contributed by atoms with E-state index in [4.69, 9.17) is 10.5 Å². The van der Waals surface area contributed by atoms with E-state index >= 15 is 0 Å². The number of pyridine rings is 1. The summed E-state index contributed by atoms with van der Waals surface area (Å²) in [6.45, 7) is 8.04. The highest BCUT2D eigenvalue weighted by Crippen LogP contribution is 2.27. The topological polar surface area (TPSA) is 51.4 Å². The SMILES string of the molecule is CCOC[C@H]1CN(c2ccc(N)cn2)C[C@@H]1C. The highest BCUT2D eigenvalue weighted by molar-refractivity contribution is 5.46. The maximum Gasteiger partial charge on any atom is 0.128 e. The molecule has 0 saturated carbocycles. The molecule has 0 amide bonds. The summed E-state index contributed by atoms with van der Waals surface area (Å²) in [5, 5.41) is 0. The average molecular weight is 235 g/mol. The van der Waals surface area contributed by atoms with Gasteiger partial charge >= 0.3 is 0 Å². The molecule has 0 bridgehead atoms. The molecule has 1 aromatic rings. The lowest BCUT2D eigenvalue weighted by molar-refractivity contribution is 0.104. The van der Waals surface area contributed by atoms with Crippen LogP contribution in [0.3, 0.4) is 0 Å². The van der Waals surface area contributed by atoms with Crippen molar-refractivity contribution in [3.8, 4) is 0 Å². The van der Waals surface area contributed by atoms with E-state index in [1.165, 1.54) is 0 Å². The normalized spacial score (nSPS) is 24.2. The van der Waals surface area contributed by atoms with Crippen molar-refractivity contribution >= 4 is 11.5 Å². The average Bonchev–Trinajstić information content (AvgIpc) is 2.69. The zero-order chi connectivity index (χ0) is 12.3. The van der Waals surface area contributed by atoms with E-state index in [2.05, 4.69) is 16.8 Å². The Kier molecular flexibility index (Phi) is 3.84. The van der Waals surface area contributed by atoms with Gasteiger partial charge in [0.05, 0.1) is 18.5 Å². The van der Waals surface area contributed by atoms with Crippen LogP contribution in [0.2, 0.25) is 0 Å². The molecule has 1 saturated heterocycles. The standard InChI is InChI=1S/C13H21N3O/c1-3-17-9-11-8-16(7-10(11)2)13-5-4-12(14)6-15-13/h4-6,10-11H,3,7-9,14H2,1-2H3/t10-,11+/m0/s1. The molecule has 2 heterocycles. The van der Waals surface area contributed by atoms with Crippen LogP contribution in [-0.4, -0.2) is 31.3 Å². The predicted octanol–water partition coefficient (Wildman–Crippen LogP) is 1.77. The molecular formula is C13H21N3O. The second kappa shape index (κ2) is 5.36. The summed E-state index contributed by atoms with van der Waals surface area (Å²) >= 11 is 0. The molecule has 0 unspecified atom stereocenters. The van der Waals surface area contributed by atoms with Gasteiger partial charge in [-0.3, -0.25) is 0 Å². The van der Waals surface area contributed by atoms with Gasteiger partial charge in [0.15, 0.2) is 0 Å². The summed E-state index contributed by atoms with van der Waals surface area (Å²) in [5.41, 5.74) is 6.36. The van der Waals surface area contributed by atoms with E-state index in [9.17, 15) is 0 Å². The fourth-order valence-electron chi connectivity index (χ4n) is 2.29. The number of aromatic nitrogens is 1. The minimum Gasteiger partial charge on any atom is -0.397 e. The first-order valence-electron chi connectivity index (χ1n) is 6.25. The number of nitrogens with two attached hydrogens (primary N) is 1. The molecule has 0 aliphatic carbocycles. The second-order valence-corrected chi connectivity index (χ2v) is 4.75. The Hall–Kier alpha value is -1.29. The lowest BCUT2D eigenvalue weighted by Gasteiger charge is -2.17. The Morgan fingerprint density at radius 3 is 2.94 bits per heavy atom. The zero-order valence-corrected chi connectivity index (χ0v) is 10.6. The third-order valence-corrected chi connectivity index (χ3v) is 3.40. The van der Waals surface area contributed by atoms with Crippen LogP contribution >= 0.6 is 0 Å². The van der Waals surface area contributed by atoms with E-state index in [0.717, 1.165) is 32.1 Å². The monoisotopic (exact) mass is 235 g/mol. The van der Waals surface area contributed by atoms with Gasteiger partial charge in [-0.1, -0.05) is 6.92 Å². The Balaban J connectivity index is 1.98. The van der Waals surface area contributed by atoms with Gasteiger partial charge in [0.25, 0.3) is 0 Å². The summed E-state index contributed by atoms with van der Waals surface area (Å²) in [7, 11) is 0. The number of rotatable bonds is 4. The maximum absolute atomic E-state index is 5.64. The molecule has 1 aliphatic heterocycles. The Bertz CT molecular complexity index is 352. The van der Waals surface area contributed by atoms with Gasteiger partial charge in [0.1, 0.15) is 5.82 Å². The molecule has 94 valence electrons. The summed E-state index contributed by atoms with van der Waals surface area (Å²) < 4.78 is 5.52. The van der Waals surface area contributed by atoms with Crippen LogP contribution in [0.5, 0.6) is 0 Å². The van der Waals surface area contributed by atoms with Gasteiger partial charge < -0.3 is 15.4 Å². The molecule has 1 fully saturated rings.